The predicted molar refractivity (Wildman–Crippen MR) is 64.0 cm³/mol. The Labute approximate surface area is 92.2 Å². The van der Waals surface area contributed by atoms with E-state index >= 15 is 0 Å². The highest BCUT2D eigenvalue weighted by molar-refractivity contribution is 7.99. The lowest BCUT2D eigenvalue weighted by Crippen LogP contribution is -2.37. The van der Waals surface area contributed by atoms with Crippen molar-refractivity contribution in [2.75, 3.05) is 19.5 Å². The number of rotatable bonds is 6. The van der Waals surface area contributed by atoms with Crippen LogP contribution in [0.1, 0.15) is 33.1 Å². The van der Waals surface area contributed by atoms with Crippen LogP contribution in [0, 0.1) is 0 Å². The number of thioether (sulfide) groups is 1. The number of hydrogen-bond acceptors (Lipinski definition) is 3. The fraction of sp³-hybridized carbons (Fsp3) is 1.00. The van der Waals surface area contributed by atoms with Crippen molar-refractivity contribution < 1.29 is 4.74 Å². The SMILES string of the molecule is CCSC1CCC(NC(C)COC)C1. The van der Waals surface area contributed by atoms with E-state index in [0.717, 1.165) is 17.9 Å². The topological polar surface area (TPSA) is 21.3 Å². The highest BCUT2D eigenvalue weighted by atomic mass is 32.2. The molecule has 14 heavy (non-hydrogen) atoms. The molecule has 2 nitrogen and oxygen atoms in total. The van der Waals surface area contributed by atoms with Gasteiger partial charge in [0.2, 0.25) is 0 Å². The molecular formula is C11H23NOS. The minimum absolute atomic E-state index is 0.496. The van der Waals surface area contributed by atoms with Crippen LogP contribution in [0.15, 0.2) is 0 Å². The highest BCUT2D eigenvalue weighted by Crippen LogP contribution is 2.29. The van der Waals surface area contributed by atoms with Crippen molar-refractivity contribution in [2.45, 2.75) is 50.4 Å². The van der Waals surface area contributed by atoms with Gasteiger partial charge < -0.3 is 10.1 Å². The lowest BCUT2D eigenvalue weighted by atomic mass is 10.2. The quantitative estimate of drug-likeness (QED) is 0.737. The molecule has 3 heteroatoms. The molecule has 0 aromatic rings. The third-order valence-corrected chi connectivity index (χ3v) is 3.96. The van der Waals surface area contributed by atoms with E-state index in [-0.39, 0.29) is 0 Å². The summed E-state index contributed by atoms with van der Waals surface area (Å²) in [5, 5.41) is 4.53. The standard InChI is InChI=1S/C11H23NOS/c1-4-14-11-6-5-10(7-11)12-9(2)8-13-3/h9-12H,4-8H2,1-3H3. The maximum Gasteiger partial charge on any atom is 0.0613 e. The molecule has 0 aliphatic heterocycles. The summed E-state index contributed by atoms with van der Waals surface area (Å²) in [6, 6.07) is 1.22. The van der Waals surface area contributed by atoms with Gasteiger partial charge in [-0.15, -0.1) is 0 Å². The third kappa shape index (κ3) is 4.20. The van der Waals surface area contributed by atoms with Crippen LogP contribution in [-0.2, 0) is 4.74 Å². The van der Waals surface area contributed by atoms with Gasteiger partial charge in [-0.05, 0) is 31.9 Å². The molecule has 1 rings (SSSR count). The average molecular weight is 217 g/mol. The normalized spacial score (nSPS) is 29.4. The average Bonchev–Trinajstić information content (AvgIpc) is 2.53. The Morgan fingerprint density at radius 2 is 2.29 bits per heavy atom. The predicted octanol–water partition coefficient (Wildman–Crippen LogP) is 2.29. The van der Waals surface area contributed by atoms with Crippen molar-refractivity contribution in [2.24, 2.45) is 0 Å². The fourth-order valence-corrected chi connectivity index (χ4v) is 3.32. The van der Waals surface area contributed by atoms with Crippen LogP contribution < -0.4 is 5.32 Å². The molecule has 0 radical (unpaired) electrons. The molecule has 84 valence electrons. The molecular weight excluding hydrogens is 194 g/mol. The Morgan fingerprint density at radius 3 is 2.93 bits per heavy atom. The summed E-state index contributed by atoms with van der Waals surface area (Å²) in [5.74, 6) is 1.25. The number of ether oxygens (including phenoxy) is 1. The molecule has 3 atom stereocenters. The van der Waals surface area contributed by atoms with E-state index < -0.39 is 0 Å². The molecule has 0 bridgehead atoms. The molecule has 1 fully saturated rings. The van der Waals surface area contributed by atoms with Crippen molar-refractivity contribution >= 4 is 11.8 Å². The van der Waals surface area contributed by atoms with Gasteiger partial charge in [0.15, 0.2) is 0 Å². The van der Waals surface area contributed by atoms with Crippen molar-refractivity contribution in [1.82, 2.24) is 5.32 Å². The van der Waals surface area contributed by atoms with E-state index in [1.54, 1.807) is 7.11 Å². The van der Waals surface area contributed by atoms with E-state index in [4.69, 9.17) is 4.74 Å². The largest absolute Gasteiger partial charge is 0.383 e. The molecule has 0 spiro atoms. The van der Waals surface area contributed by atoms with Crippen LogP contribution >= 0.6 is 11.8 Å². The van der Waals surface area contributed by atoms with Crippen molar-refractivity contribution in [1.29, 1.82) is 0 Å². The molecule has 0 heterocycles. The Morgan fingerprint density at radius 1 is 1.50 bits per heavy atom. The van der Waals surface area contributed by atoms with Crippen LogP contribution in [0.25, 0.3) is 0 Å². The zero-order chi connectivity index (χ0) is 10.4. The van der Waals surface area contributed by atoms with Crippen molar-refractivity contribution in [3.05, 3.63) is 0 Å². The molecule has 1 saturated carbocycles. The number of hydrogen-bond donors (Lipinski definition) is 1. The van der Waals surface area contributed by atoms with Crippen LogP contribution in [-0.4, -0.2) is 36.8 Å². The summed E-state index contributed by atoms with van der Waals surface area (Å²) in [4.78, 5) is 0. The van der Waals surface area contributed by atoms with E-state index in [1.165, 1.54) is 25.0 Å². The first-order valence-electron chi connectivity index (χ1n) is 5.62. The Hall–Kier alpha value is 0.270. The Bertz CT molecular complexity index is 154. The van der Waals surface area contributed by atoms with E-state index in [9.17, 15) is 0 Å². The maximum atomic E-state index is 5.12. The van der Waals surface area contributed by atoms with Gasteiger partial charge in [-0.1, -0.05) is 6.92 Å². The molecule has 0 saturated heterocycles. The number of nitrogens with one attached hydrogen (secondary N) is 1. The molecule has 3 unspecified atom stereocenters. The van der Waals surface area contributed by atoms with Gasteiger partial charge in [-0.3, -0.25) is 0 Å². The van der Waals surface area contributed by atoms with Crippen LogP contribution in [0.3, 0.4) is 0 Å². The summed E-state index contributed by atoms with van der Waals surface area (Å²) >= 11 is 2.11. The fourth-order valence-electron chi connectivity index (χ4n) is 2.18. The summed E-state index contributed by atoms with van der Waals surface area (Å²) < 4.78 is 5.12. The molecule has 0 amide bonds. The molecule has 1 N–H and O–H groups in total. The lowest BCUT2D eigenvalue weighted by Gasteiger charge is -2.18. The minimum atomic E-state index is 0.496. The van der Waals surface area contributed by atoms with Crippen LogP contribution in [0.5, 0.6) is 0 Å². The first-order valence-corrected chi connectivity index (χ1v) is 6.67. The van der Waals surface area contributed by atoms with Gasteiger partial charge in [-0.2, -0.15) is 11.8 Å². The first kappa shape index (κ1) is 12.3. The van der Waals surface area contributed by atoms with Gasteiger partial charge in [0.25, 0.3) is 0 Å². The van der Waals surface area contributed by atoms with E-state index in [1.807, 2.05) is 0 Å². The first-order chi connectivity index (χ1) is 6.76. The lowest BCUT2D eigenvalue weighted by molar-refractivity contribution is 0.167. The van der Waals surface area contributed by atoms with Crippen LogP contribution in [0.4, 0.5) is 0 Å². The van der Waals surface area contributed by atoms with Crippen molar-refractivity contribution in [3.63, 3.8) is 0 Å². The second-order valence-corrected chi connectivity index (χ2v) is 5.69. The third-order valence-electron chi connectivity index (χ3n) is 2.72. The molecule has 0 aromatic carbocycles. The monoisotopic (exact) mass is 217 g/mol. The van der Waals surface area contributed by atoms with Gasteiger partial charge in [-0.25, -0.2) is 0 Å². The van der Waals surface area contributed by atoms with E-state index in [2.05, 4.69) is 30.9 Å². The smallest absolute Gasteiger partial charge is 0.0613 e. The molecule has 1 aliphatic rings. The van der Waals surface area contributed by atoms with Gasteiger partial charge in [0, 0.05) is 24.4 Å². The Balaban J connectivity index is 2.15. The van der Waals surface area contributed by atoms with Gasteiger partial charge in [0.05, 0.1) is 6.61 Å². The maximum absolute atomic E-state index is 5.12. The second-order valence-electron chi connectivity index (χ2n) is 4.11. The summed E-state index contributed by atoms with van der Waals surface area (Å²) in [6.45, 7) is 5.27. The summed E-state index contributed by atoms with van der Waals surface area (Å²) in [5.41, 5.74) is 0. The summed E-state index contributed by atoms with van der Waals surface area (Å²) in [7, 11) is 1.77. The Kier molecular flexibility index (Phi) is 5.90. The van der Waals surface area contributed by atoms with Gasteiger partial charge >= 0.3 is 0 Å². The second kappa shape index (κ2) is 6.70. The van der Waals surface area contributed by atoms with Crippen molar-refractivity contribution in [3.8, 4) is 0 Å². The zero-order valence-corrected chi connectivity index (χ0v) is 10.4. The molecule has 1 aliphatic carbocycles. The number of methoxy groups -OCH3 is 1. The zero-order valence-electron chi connectivity index (χ0n) is 9.58. The minimum Gasteiger partial charge on any atom is -0.383 e. The molecule has 0 aromatic heterocycles. The van der Waals surface area contributed by atoms with Crippen LogP contribution in [0.2, 0.25) is 0 Å². The van der Waals surface area contributed by atoms with E-state index in [0.29, 0.717) is 6.04 Å². The highest BCUT2D eigenvalue weighted by Gasteiger charge is 2.25. The summed E-state index contributed by atoms with van der Waals surface area (Å²) in [6.07, 6.45) is 4.06. The van der Waals surface area contributed by atoms with Gasteiger partial charge in [0.1, 0.15) is 0 Å².